The van der Waals surface area contributed by atoms with Gasteiger partial charge in [-0.05, 0) is 91.4 Å². The maximum Gasteiger partial charge on any atom is 0.333 e. The number of hydrogen-bond acceptors (Lipinski definition) is 10. The number of rotatable bonds is 13. The van der Waals surface area contributed by atoms with E-state index in [9.17, 15) is 19.9 Å². The molecule has 3 aromatic carbocycles. The first-order valence-corrected chi connectivity index (χ1v) is 17.3. The highest BCUT2D eigenvalue weighted by Gasteiger charge is 2.38. The van der Waals surface area contributed by atoms with Crippen molar-refractivity contribution in [1.29, 1.82) is 0 Å². The number of aromatic nitrogens is 1. The van der Waals surface area contributed by atoms with Crippen molar-refractivity contribution in [2.24, 2.45) is 5.92 Å². The minimum absolute atomic E-state index is 0.0754. The fourth-order valence-electron chi connectivity index (χ4n) is 7.07. The molecule has 0 spiro atoms. The van der Waals surface area contributed by atoms with Crippen molar-refractivity contribution < 1.29 is 43.6 Å². The molecule has 2 N–H and O–H groups in total. The summed E-state index contributed by atoms with van der Waals surface area (Å²) in [7, 11) is 4.58. The van der Waals surface area contributed by atoms with Crippen molar-refractivity contribution in [3.63, 3.8) is 0 Å². The van der Waals surface area contributed by atoms with Crippen LogP contribution in [-0.4, -0.2) is 69.1 Å². The molecular formula is C38H39Cl2N3O8. The molecule has 4 heterocycles. The molecular weight excluding hydrogens is 697 g/mol. The Balaban J connectivity index is 1.43. The average molecular weight is 737 g/mol. The van der Waals surface area contributed by atoms with E-state index < -0.39 is 23.9 Å². The molecule has 4 aromatic rings. The minimum Gasteiger partial charge on any atom is -0.545 e. The minimum atomic E-state index is -1.40. The van der Waals surface area contributed by atoms with Crippen molar-refractivity contribution in [2.75, 3.05) is 46.3 Å². The van der Waals surface area contributed by atoms with E-state index in [-0.39, 0.29) is 28.1 Å². The summed E-state index contributed by atoms with van der Waals surface area (Å²) in [5.74, 6) is -0.754. The first kappa shape index (κ1) is 36.1. The Hall–Kier alpha value is -4.71. The third kappa shape index (κ3) is 7.96. The first-order chi connectivity index (χ1) is 24.6. The van der Waals surface area contributed by atoms with E-state index in [1.54, 1.807) is 55.6 Å². The second-order valence-corrected chi connectivity index (χ2v) is 13.6. The standard InChI is InChI=1S/C38H39Cl2N3O8/c1-48-26-6-4-5-24(15-26)36(38(46)51-35-21-42-13-11-22(35)12-14-42)41-25-8-9-27(37(44)45)29(17-25)28(18-30-31(39)19-43(47)20-32(30)40)23-7-10-33(49-2)34(16-23)50-3/h4-10,15-17,19-20,22,28,35-36,41H,11-14,18,21H2,1-3H3,(H-,44,45,47)/t28?,35-,36?/m0/s1. The van der Waals surface area contributed by atoms with Crippen molar-refractivity contribution in [1.82, 2.24) is 4.90 Å². The van der Waals surface area contributed by atoms with Crippen LogP contribution in [0.15, 0.2) is 73.1 Å². The van der Waals surface area contributed by atoms with E-state index in [2.05, 4.69) is 10.2 Å². The lowest BCUT2D eigenvalue weighted by molar-refractivity contribution is -0.904. The predicted octanol–water partition coefficient (Wildman–Crippen LogP) is 5.07. The molecule has 2 bridgehead atoms. The summed E-state index contributed by atoms with van der Waals surface area (Å²) in [5.41, 5.74) is 2.48. The normalized spacial score (nSPS) is 19.1. The Morgan fingerprint density at radius 2 is 1.67 bits per heavy atom. The van der Waals surface area contributed by atoms with E-state index in [0.29, 0.717) is 57.7 Å². The van der Waals surface area contributed by atoms with Gasteiger partial charge in [0, 0.05) is 34.0 Å². The number of carbonyl (C=O) groups excluding carboxylic acids is 2. The van der Waals surface area contributed by atoms with Crippen LogP contribution in [0.4, 0.5) is 5.69 Å². The van der Waals surface area contributed by atoms with Gasteiger partial charge in [-0.15, -0.1) is 0 Å². The maximum absolute atomic E-state index is 14.1. The van der Waals surface area contributed by atoms with E-state index in [0.717, 1.165) is 30.7 Å². The highest BCUT2D eigenvalue weighted by Crippen LogP contribution is 2.40. The molecule has 3 aliphatic rings. The molecule has 0 radical (unpaired) electrons. The summed E-state index contributed by atoms with van der Waals surface area (Å²) in [6.45, 7) is 2.70. The number of aromatic carboxylic acids is 1. The highest BCUT2D eigenvalue weighted by atomic mass is 35.5. The Morgan fingerprint density at radius 1 is 0.941 bits per heavy atom. The fraction of sp³-hybridized carbons (Fsp3) is 0.342. The van der Waals surface area contributed by atoms with Crippen LogP contribution in [0.25, 0.3) is 0 Å². The fourth-order valence-corrected chi connectivity index (χ4v) is 7.68. The van der Waals surface area contributed by atoms with Gasteiger partial charge in [-0.3, -0.25) is 10.1 Å². The van der Waals surface area contributed by atoms with Gasteiger partial charge in [0.15, 0.2) is 17.5 Å². The molecule has 3 atom stereocenters. The molecule has 2 unspecified atom stereocenters. The summed E-state index contributed by atoms with van der Waals surface area (Å²) in [6, 6.07) is 16.2. The number of halogens is 2. The van der Waals surface area contributed by atoms with Gasteiger partial charge < -0.3 is 34.2 Å². The molecule has 3 aliphatic heterocycles. The average Bonchev–Trinajstić information content (AvgIpc) is 3.13. The third-order valence-corrected chi connectivity index (χ3v) is 10.4. The Morgan fingerprint density at radius 3 is 2.29 bits per heavy atom. The number of ether oxygens (including phenoxy) is 4. The number of nitrogens with one attached hydrogen (secondary N) is 1. The zero-order valence-electron chi connectivity index (χ0n) is 28.4. The summed E-state index contributed by atoms with van der Waals surface area (Å²) in [5, 5.41) is 26.4. The number of carboxylic acids is 1. The molecule has 11 nitrogen and oxygen atoms in total. The number of pyridine rings is 1. The van der Waals surface area contributed by atoms with Crippen LogP contribution in [0.5, 0.6) is 17.2 Å². The van der Waals surface area contributed by atoms with Gasteiger partial charge in [-0.1, -0.05) is 47.5 Å². The topological polar surface area (TPSA) is 134 Å². The molecule has 0 saturated carbocycles. The lowest BCUT2D eigenvalue weighted by Crippen LogP contribution is -2.52. The summed E-state index contributed by atoms with van der Waals surface area (Å²) in [6.07, 6.45) is 4.46. The van der Waals surface area contributed by atoms with E-state index >= 15 is 0 Å². The maximum atomic E-state index is 14.1. The lowest BCUT2D eigenvalue weighted by atomic mass is 9.83. The van der Waals surface area contributed by atoms with Crippen LogP contribution in [0.3, 0.4) is 0 Å². The van der Waals surface area contributed by atoms with Gasteiger partial charge >= 0.3 is 5.97 Å². The summed E-state index contributed by atoms with van der Waals surface area (Å²) in [4.78, 5) is 29.0. The number of anilines is 1. The molecule has 268 valence electrons. The van der Waals surface area contributed by atoms with Crippen molar-refractivity contribution in [3.05, 3.63) is 111 Å². The first-order valence-electron chi connectivity index (χ1n) is 16.6. The number of carbonyl (C=O) groups is 2. The van der Waals surface area contributed by atoms with Crippen molar-refractivity contribution >= 4 is 40.8 Å². The number of benzene rings is 3. The largest absolute Gasteiger partial charge is 0.545 e. The molecule has 1 aromatic heterocycles. The smallest absolute Gasteiger partial charge is 0.333 e. The predicted molar refractivity (Wildman–Crippen MR) is 188 cm³/mol. The molecule has 3 fully saturated rings. The Labute approximate surface area is 306 Å². The van der Waals surface area contributed by atoms with Crippen LogP contribution in [0.2, 0.25) is 10.0 Å². The zero-order valence-corrected chi connectivity index (χ0v) is 29.9. The Bertz CT molecular complexity index is 1890. The number of fused-ring (bicyclic) bond motifs is 3. The van der Waals surface area contributed by atoms with Crippen LogP contribution in [-0.2, 0) is 16.0 Å². The van der Waals surface area contributed by atoms with Crippen LogP contribution < -0.4 is 29.4 Å². The number of nitrogens with zero attached hydrogens (tertiary/aromatic N) is 2. The highest BCUT2D eigenvalue weighted by molar-refractivity contribution is 6.35. The molecule has 0 aliphatic carbocycles. The van der Waals surface area contributed by atoms with E-state index in [1.165, 1.54) is 32.7 Å². The van der Waals surface area contributed by atoms with Gasteiger partial charge in [0.25, 0.3) is 0 Å². The zero-order chi connectivity index (χ0) is 36.2. The van der Waals surface area contributed by atoms with Gasteiger partial charge in [-0.25, -0.2) is 4.79 Å². The SMILES string of the molecule is COc1cccc(C(Nc2ccc(C(=O)[O-])c(C(Cc3c(Cl)c[n+](O)cc3Cl)c3ccc(OC)c(OC)c3)c2)C(=O)O[C@H]2CN3CCC2CC3)c1. The Kier molecular flexibility index (Phi) is 11.1. The number of hydrogen-bond donors (Lipinski definition) is 2. The molecule has 7 rings (SSSR count). The summed E-state index contributed by atoms with van der Waals surface area (Å²) < 4.78 is 23.5. The van der Waals surface area contributed by atoms with Crippen molar-refractivity contribution in [2.45, 2.75) is 37.3 Å². The molecule has 3 saturated heterocycles. The number of methoxy groups -OCH3 is 3. The number of piperidine rings is 3. The monoisotopic (exact) mass is 735 g/mol. The van der Waals surface area contributed by atoms with Gasteiger partial charge in [0.2, 0.25) is 12.4 Å². The van der Waals surface area contributed by atoms with Gasteiger partial charge in [0.05, 0.1) is 27.3 Å². The number of esters is 1. The second kappa shape index (κ2) is 15.7. The molecule has 0 amide bonds. The third-order valence-electron chi connectivity index (χ3n) is 9.77. The van der Waals surface area contributed by atoms with Crippen LogP contribution in [0.1, 0.15) is 57.4 Å². The lowest BCUT2D eigenvalue weighted by Gasteiger charge is -2.44. The van der Waals surface area contributed by atoms with Gasteiger partial charge in [0.1, 0.15) is 21.9 Å². The van der Waals surface area contributed by atoms with Crippen LogP contribution >= 0.6 is 23.2 Å². The van der Waals surface area contributed by atoms with Gasteiger partial charge in [-0.2, -0.15) is 0 Å². The quantitative estimate of drug-likeness (QED) is 0.109. The van der Waals surface area contributed by atoms with E-state index in [1.807, 2.05) is 6.07 Å². The van der Waals surface area contributed by atoms with E-state index in [4.69, 9.17) is 42.1 Å². The second-order valence-electron chi connectivity index (χ2n) is 12.7. The van der Waals surface area contributed by atoms with Crippen LogP contribution in [0, 0.1) is 5.92 Å². The number of carboxylic acid groups (broad SMARTS) is 1. The molecule has 51 heavy (non-hydrogen) atoms. The van der Waals surface area contributed by atoms with Crippen molar-refractivity contribution in [3.8, 4) is 17.2 Å². The molecule has 13 heteroatoms. The summed E-state index contributed by atoms with van der Waals surface area (Å²) >= 11 is 13.2.